The van der Waals surface area contributed by atoms with E-state index in [2.05, 4.69) is 9.97 Å². The highest BCUT2D eigenvalue weighted by molar-refractivity contribution is 6.32. The number of hydrogen-bond acceptors (Lipinski definition) is 7. The summed E-state index contributed by atoms with van der Waals surface area (Å²) in [5.41, 5.74) is 1.50. The lowest BCUT2D eigenvalue weighted by Gasteiger charge is -2.18. The summed E-state index contributed by atoms with van der Waals surface area (Å²) in [5.74, 6) is 1.12. The van der Waals surface area contributed by atoms with Crippen molar-refractivity contribution >= 4 is 34.2 Å². The summed E-state index contributed by atoms with van der Waals surface area (Å²) in [6, 6.07) is 14.3. The smallest absolute Gasteiger partial charge is 0.257 e. The first-order chi connectivity index (χ1) is 18.4. The summed E-state index contributed by atoms with van der Waals surface area (Å²) >= 11 is 6.53. The Balaban J connectivity index is 1.17. The highest BCUT2D eigenvalue weighted by Gasteiger charge is 2.54. The standard InChI is InChI=1S/C29H22ClFN2O5/c30-20-13-18(15-26(35)29(8-9-29)25(34)14-17-1-4-19(31)5-2-17)3-6-22(20)38-23-7-10-32-21-16-24-28(33-27(21)23)37-12-11-36-24/h1-7,10,13,16H,8-9,11-12,14-15H2. The summed E-state index contributed by atoms with van der Waals surface area (Å²) in [7, 11) is 0. The van der Waals surface area contributed by atoms with E-state index in [9.17, 15) is 14.0 Å². The van der Waals surface area contributed by atoms with Gasteiger partial charge in [-0.3, -0.25) is 14.6 Å². The molecule has 0 bridgehead atoms. The molecule has 0 N–H and O–H groups in total. The van der Waals surface area contributed by atoms with E-state index >= 15 is 0 Å². The first-order valence-electron chi connectivity index (χ1n) is 12.2. The fourth-order valence-electron chi connectivity index (χ4n) is 4.60. The van der Waals surface area contributed by atoms with Crippen LogP contribution in [0.5, 0.6) is 23.1 Å². The minimum absolute atomic E-state index is 0.0817. The average molecular weight is 533 g/mol. The van der Waals surface area contributed by atoms with Crippen molar-refractivity contribution in [1.82, 2.24) is 9.97 Å². The molecule has 0 amide bonds. The number of aromatic nitrogens is 2. The van der Waals surface area contributed by atoms with Crippen LogP contribution in [0.4, 0.5) is 4.39 Å². The van der Waals surface area contributed by atoms with Crippen LogP contribution >= 0.6 is 11.6 Å². The molecule has 7 nitrogen and oxygen atoms in total. The zero-order valence-electron chi connectivity index (χ0n) is 20.2. The zero-order valence-corrected chi connectivity index (χ0v) is 21.0. The third-order valence-electron chi connectivity index (χ3n) is 6.86. The fourth-order valence-corrected chi connectivity index (χ4v) is 4.84. The Morgan fingerprint density at radius 3 is 2.37 bits per heavy atom. The van der Waals surface area contributed by atoms with Gasteiger partial charge in [0.15, 0.2) is 23.1 Å². The number of halogens is 2. The largest absolute Gasteiger partial charge is 0.484 e. The molecule has 0 saturated heterocycles. The lowest BCUT2D eigenvalue weighted by molar-refractivity contribution is -0.133. The Labute approximate surface area is 222 Å². The van der Waals surface area contributed by atoms with Gasteiger partial charge >= 0.3 is 0 Å². The first kappa shape index (κ1) is 24.3. The van der Waals surface area contributed by atoms with Crippen molar-refractivity contribution in [3.63, 3.8) is 0 Å². The molecular weight excluding hydrogens is 511 g/mol. The lowest BCUT2D eigenvalue weighted by Crippen LogP contribution is -2.28. The van der Waals surface area contributed by atoms with E-state index in [1.54, 1.807) is 48.7 Å². The van der Waals surface area contributed by atoms with Crippen molar-refractivity contribution in [1.29, 1.82) is 0 Å². The van der Waals surface area contributed by atoms with E-state index in [1.807, 2.05) is 0 Å². The van der Waals surface area contributed by atoms with E-state index in [0.717, 1.165) is 0 Å². The second kappa shape index (κ2) is 9.68. The molecule has 2 aliphatic rings. The quantitative estimate of drug-likeness (QED) is 0.269. The molecule has 0 atom stereocenters. The Bertz CT molecular complexity index is 1570. The lowest BCUT2D eigenvalue weighted by atomic mass is 9.88. The molecule has 2 aromatic carbocycles. The van der Waals surface area contributed by atoms with Crippen LogP contribution in [0.3, 0.4) is 0 Å². The number of ether oxygens (including phenoxy) is 3. The van der Waals surface area contributed by atoms with Gasteiger partial charge < -0.3 is 14.2 Å². The second-order valence-corrected chi connectivity index (χ2v) is 9.85. The van der Waals surface area contributed by atoms with Crippen molar-refractivity contribution in [3.05, 3.63) is 82.8 Å². The number of Topliss-reactive ketones (excluding diaryl/α,β-unsaturated/α-hetero) is 2. The van der Waals surface area contributed by atoms with E-state index in [0.29, 0.717) is 76.4 Å². The highest BCUT2D eigenvalue weighted by Crippen LogP contribution is 2.49. The van der Waals surface area contributed by atoms with E-state index in [1.165, 1.54) is 12.1 Å². The SMILES string of the molecule is O=C(Cc1ccc(F)cc1)C1(C(=O)Cc2ccc(Oc3ccnc4cc5c(nc34)OCCO5)c(Cl)c2)CC1. The van der Waals surface area contributed by atoms with Gasteiger partial charge in [-0.25, -0.2) is 9.37 Å². The van der Waals surface area contributed by atoms with Gasteiger partial charge in [0.2, 0.25) is 0 Å². The van der Waals surface area contributed by atoms with Crippen LogP contribution in [0.15, 0.2) is 60.8 Å². The monoisotopic (exact) mass is 532 g/mol. The summed E-state index contributed by atoms with van der Waals surface area (Å²) in [4.78, 5) is 34.9. The Kier molecular flexibility index (Phi) is 6.19. The Morgan fingerprint density at radius 1 is 0.921 bits per heavy atom. The maximum absolute atomic E-state index is 13.2. The summed E-state index contributed by atoms with van der Waals surface area (Å²) in [6.07, 6.45) is 2.85. The van der Waals surface area contributed by atoms with Gasteiger partial charge in [-0.1, -0.05) is 29.8 Å². The van der Waals surface area contributed by atoms with Crippen LogP contribution in [0.2, 0.25) is 5.02 Å². The summed E-state index contributed by atoms with van der Waals surface area (Å²) in [5, 5.41) is 0.320. The molecule has 1 aliphatic heterocycles. The van der Waals surface area contributed by atoms with Crippen LogP contribution in [0.25, 0.3) is 11.0 Å². The molecule has 38 heavy (non-hydrogen) atoms. The molecule has 1 fully saturated rings. The van der Waals surface area contributed by atoms with Crippen molar-refractivity contribution in [2.75, 3.05) is 13.2 Å². The average Bonchev–Trinajstić information content (AvgIpc) is 3.73. The van der Waals surface area contributed by atoms with Crippen LogP contribution < -0.4 is 14.2 Å². The zero-order chi connectivity index (χ0) is 26.3. The van der Waals surface area contributed by atoms with Gasteiger partial charge in [0, 0.05) is 31.2 Å². The minimum Gasteiger partial charge on any atom is -0.484 e. The number of carbonyl (C=O) groups is 2. The molecule has 2 aromatic heterocycles. The van der Waals surface area contributed by atoms with Gasteiger partial charge in [-0.05, 0) is 48.2 Å². The molecule has 0 spiro atoms. The molecular formula is C29H22ClFN2O5. The number of ketones is 2. The first-order valence-corrected chi connectivity index (χ1v) is 12.6. The van der Waals surface area contributed by atoms with Crippen LogP contribution in [0, 0.1) is 11.2 Å². The molecule has 0 unspecified atom stereocenters. The highest BCUT2D eigenvalue weighted by atomic mass is 35.5. The molecule has 192 valence electrons. The van der Waals surface area contributed by atoms with Crippen LogP contribution in [-0.4, -0.2) is 34.7 Å². The molecule has 1 saturated carbocycles. The number of pyridine rings is 2. The van der Waals surface area contributed by atoms with Crippen LogP contribution in [0.1, 0.15) is 24.0 Å². The number of fused-ring (bicyclic) bond motifs is 2. The number of nitrogens with zero attached hydrogens (tertiary/aromatic N) is 2. The maximum Gasteiger partial charge on any atom is 0.257 e. The Morgan fingerprint density at radius 2 is 1.63 bits per heavy atom. The Hall–Kier alpha value is -4.04. The summed E-state index contributed by atoms with van der Waals surface area (Å²) in [6.45, 7) is 0.859. The van der Waals surface area contributed by atoms with Crippen molar-refractivity contribution in [3.8, 4) is 23.1 Å². The predicted molar refractivity (Wildman–Crippen MR) is 138 cm³/mol. The van der Waals surface area contributed by atoms with Crippen molar-refractivity contribution in [2.45, 2.75) is 25.7 Å². The molecule has 9 heteroatoms. The van der Waals surface area contributed by atoms with Crippen molar-refractivity contribution in [2.24, 2.45) is 5.41 Å². The third-order valence-corrected chi connectivity index (χ3v) is 7.16. The van der Waals surface area contributed by atoms with Gasteiger partial charge in [0.05, 0.1) is 16.0 Å². The maximum atomic E-state index is 13.2. The normalized spacial score (nSPS) is 15.2. The predicted octanol–water partition coefficient (Wildman–Crippen LogP) is 5.69. The fraction of sp³-hybridized carbons (Fsp3) is 0.241. The van der Waals surface area contributed by atoms with E-state index < -0.39 is 5.41 Å². The molecule has 6 rings (SSSR count). The third kappa shape index (κ3) is 4.67. The molecule has 1 aliphatic carbocycles. The van der Waals surface area contributed by atoms with Gasteiger partial charge in [-0.2, -0.15) is 0 Å². The van der Waals surface area contributed by atoms with E-state index in [4.69, 9.17) is 25.8 Å². The topological polar surface area (TPSA) is 87.6 Å². The number of carbonyl (C=O) groups excluding carboxylic acids is 2. The van der Waals surface area contributed by atoms with Crippen LogP contribution in [-0.2, 0) is 22.4 Å². The molecule has 0 radical (unpaired) electrons. The van der Waals surface area contributed by atoms with Crippen molar-refractivity contribution < 1.29 is 28.2 Å². The summed E-state index contributed by atoms with van der Waals surface area (Å²) < 4.78 is 30.4. The second-order valence-electron chi connectivity index (χ2n) is 9.44. The number of hydrogen-bond donors (Lipinski definition) is 0. The molecule has 4 aromatic rings. The van der Waals surface area contributed by atoms with Gasteiger partial charge in [-0.15, -0.1) is 0 Å². The van der Waals surface area contributed by atoms with Gasteiger partial charge in [0.1, 0.15) is 30.3 Å². The van der Waals surface area contributed by atoms with E-state index in [-0.39, 0.29) is 30.2 Å². The minimum atomic E-state index is -0.970. The van der Waals surface area contributed by atoms with Gasteiger partial charge in [0.25, 0.3) is 5.88 Å². The number of rotatable bonds is 8. The number of benzene rings is 2. The molecule has 3 heterocycles.